The van der Waals surface area contributed by atoms with Gasteiger partial charge in [-0.1, -0.05) is 50.6 Å². The van der Waals surface area contributed by atoms with Gasteiger partial charge in [-0.3, -0.25) is 0 Å². The van der Waals surface area contributed by atoms with E-state index in [1.807, 2.05) is 40.1 Å². The molecule has 1 heterocycles. The predicted molar refractivity (Wildman–Crippen MR) is 119 cm³/mol. The second-order valence-corrected chi connectivity index (χ2v) is 8.13. The van der Waals surface area contributed by atoms with Crippen LogP contribution in [-0.2, 0) is 6.42 Å². The molecular formula is C25H37NO3. The number of nitrogens with one attached hydrogen (secondary N) is 1. The number of benzene rings is 1. The molecule has 29 heavy (non-hydrogen) atoms. The van der Waals surface area contributed by atoms with Crippen molar-refractivity contribution in [3.05, 3.63) is 41.5 Å². The van der Waals surface area contributed by atoms with E-state index in [4.69, 9.17) is 4.74 Å². The Morgan fingerprint density at radius 1 is 1.34 bits per heavy atom. The van der Waals surface area contributed by atoms with Crippen LogP contribution in [0, 0.1) is 23.7 Å². The van der Waals surface area contributed by atoms with Crippen LogP contribution in [0.1, 0.15) is 57.1 Å². The van der Waals surface area contributed by atoms with Crippen LogP contribution in [0.15, 0.2) is 30.4 Å². The highest BCUT2D eigenvalue weighted by molar-refractivity contribution is 5.49. The summed E-state index contributed by atoms with van der Waals surface area (Å²) in [5.74, 6) is 7.16. The van der Waals surface area contributed by atoms with Crippen molar-refractivity contribution in [1.29, 1.82) is 0 Å². The molecular weight excluding hydrogens is 362 g/mol. The molecule has 0 saturated heterocycles. The van der Waals surface area contributed by atoms with Gasteiger partial charge in [0.05, 0.1) is 12.2 Å². The maximum atomic E-state index is 10.6. The van der Waals surface area contributed by atoms with Crippen LogP contribution in [0.4, 0.5) is 0 Å². The molecule has 1 aliphatic carbocycles. The SMILES string of the molecule is CC#CC[C@@H](C)[C@H](O)C=C[C@@H]1[C@H]2c3cccc(CCC)c3O[C@H]2C[C@H]1O.CNC. The molecule has 4 heteroatoms. The molecule has 1 aromatic rings. The fourth-order valence-electron chi connectivity index (χ4n) is 4.25. The third-order valence-corrected chi connectivity index (χ3v) is 5.72. The molecule has 2 aliphatic rings. The monoisotopic (exact) mass is 399 g/mol. The summed E-state index contributed by atoms with van der Waals surface area (Å²) in [6, 6.07) is 6.38. The smallest absolute Gasteiger partial charge is 0.126 e. The summed E-state index contributed by atoms with van der Waals surface area (Å²) in [5.41, 5.74) is 2.48. The Morgan fingerprint density at radius 3 is 2.72 bits per heavy atom. The molecule has 1 aliphatic heterocycles. The molecule has 6 atom stereocenters. The molecule has 0 radical (unpaired) electrons. The maximum absolute atomic E-state index is 10.6. The molecule has 0 spiro atoms. The summed E-state index contributed by atoms with van der Waals surface area (Å²) in [6.45, 7) is 5.99. The lowest BCUT2D eigenvalue weighted by Gasteiger charge is -2.19. The van der Waals surface area contributed by atoms with E-state index in [-0.39, 0.29) is 23.9 Å². The lowest BCUT2D eigenvalue weighted by Crippen LogP contribution is -2.19. The van der Waals surface area contributed by atoms with Crippen LogP contribution in [-0.4, -0.2) is 42.6 Å². The average Bonchev–Trinajstić information content (AvgIpc) is 3.20. The maximum Gasteiger partial charge on any atom is 0.126 e. The van der Waals surface area contributed by atoms with Crippen molar-refractivity contribution in [2.75, 3.05) is 14.1 Å². The molecule has 0 unspecified atom stereocenters. The van der Waals surface area contributed by atoms with Gasteiger partial charge in [0, 0.05) is 30.2 Å². The molecule has 1 aromatic carbocycles. The zero-order chi connectivity index (χ0) is 21.4. The summed E-state index contributed by atoms with van der Waals surface area (Å²) in [5, 5.41) is 23.7. The van der Waals surface area contributed by atoms with Crippen LogP contribution in [0.5, 0.6) is 5.75 Å². The number of fused-ring (bicyclic) bond motifs is 3. The molecule has 0 aromatic heterocycles. The van der Waals surface area contributed by atoms with Gasteiger partial charge >= 0.3 is 0 Å². The highest BCUT2D eigenvalue weighted by atomic mass is 16.5. The van der Waals surface area contributed by atoms with Gasteiger partial charge in [-0.2, -0.15) is 0 Å². The number of aliphatic hydroxyl groups is 2. The van der Waals surface area contributed by atoms with Gasteiger partial charge in [0.15, 0.2) is 0 Å². The topological polar surface area (TPSA) is 61.7 Å². The quantitative estimate of drug-likeness (QED) is 0.505. The van der Waals surface area contributed by atoms with Crippen molar-refractivity contribution in [2.24, 2.45) is 11.8 Å². The Bertz CT molecular complexity index is 733. The van der Waals surface area contributed by atoms with Crippen molar-refractivity contribution < 1.29 is 14.9 Å². The Hall–Kier alpha value is -1.80. The van der Waals surface area contributed by atoms with Crippen molar-refractivity contribution >= 4 is 0 Å². The molecule has 0 bridgehead atoms. The number of hydrogen-bond donors (Lipinski definition) is 3. The van der Waals surface area contributed by atoms with Crippen LogP contribution < -0.4 is 10.1 Å². The van der Waals surface area contributed by atoms with Crippen molar-refractivity contribution in [3.8, 4) is 17.6 Å². The van der Waals surface area contributed by atoms with Crippen LogP contribution in [0.25, 0.3) is 0 Å². The van der Waals surface area contributed by atoms with Crippen molar-refractivity contribution in [1.82, 2.24) is 5.32 Å². The van der Waals surface area contributed by atoms with Gasteiger partial charge in [-0.05, 0) is 38.9 Å². The fourth-order valence-corrected chi connectivity index (χ4v) is 4.25. The first-order valence-electron chi connectivity index (χ1n) is 10.8. The van der Waals surface area contributed by atoms with E-state index in [0.29, 0.717) is 12.8 Å². The van der Waals surface area contributed by atoms with E-state index in [0.717, 1.165) is 18.6 Å². The molecule has 0 amide bonds. The largest absolute Gasteiger partial charge is 0.489 e. The van der Waals surface area contributed by atoms with E-state index in [2.05, 4.69) is 42.3 Å². The summed E-state index contributed by atoms with van der Waals surface area (Å²) < 4.78 is 6.25. The first-order valence-corrected chi connectivity index (χ1v) is 10.8. The lowest BCUT2D eigenvalue weighted by atomic mass is 9.86. The number of ether oxygens (including phenoxy) is 1. The fraction of sp³-hybridized carbons (Fsp3) is 0.600. The second kappa shape index (κ2) is 11.4. The van der Waals surface area contributed by atoms with Gasteiger partial charge in [0.25, 0.3) is 0 Å². The first-order chi connectivity index (χ1) is 14.0. The van der Waals surface area contributed by atoms with Gasteiger partial charge in [0.1, 0.15) is 11.9 Å². The summed E-state index contributed by atoms with van der Waals surface area (Å²) in [6.07, 6.45) is 6.32. The molecule has 4 nitrogen and oxygen atoms in total. The Kier molecular flexibility index (Phi) is 9.23. The highest BCUT2D eigenvalue weighted by Crippen LogP contribution is 2.52. The molecule has 160 valence electrons. The Labute approximate surface area is 176 Å². The summed E-state index contributed by atoms with van der Waals surface area (Å²) in [7, 11) is 3.75. The third kappa shape index (κ3) is 5.63. The number of hydrogen-bond acceptors (Lipinski definition) is 4. The molecule has 3 rings (SSSR count). The Balaban J connectivity index is 0.000000941. The van der Waals surface area contributed by atoms with E-state index in [9.17, 15) is 10.2 Å². The van der Waals surface area contributed by atoms with E-state index in [1.54, 1.807) is 0 Å². The highest BCUT2D eigenvalue weighted by Gasteiger charge is 2.48. The van der Waals surface area contributed by atoms with E-state index in [1.165, 1.54) is 11.1 Å². The van der Waals surface area contributed by atoms with Gasteiger partial charge < -0.3 is 20.3 Å². The number of aryl methyl sites for hydroxylation is 1. The molecule has 1 fully saturated rings. The van der Waals surface area contributed by atoms with Crippen molar-refractivity contribution in [3.63, 3.8) is 0 Å². The summed E-state index contributed by atoms with van der Waals surface area (Å²) >= 11 is 0. The van der Waals surface area contributed by atoms with Crippen LogP contribution in [0.3, 0.4) is 0 Å². The third-order valence-electron chi connectivity index (χ3n) is 5.72. The zero-order valence-electron chi connectivity index (χ0n) is 18.5. The minimum atomic E-state index is -0.546. The lowest BCUT2D eigenvalue weighted by molar-refractivity contribution is 0.134. The van der Waals surface area contributed by atoms with Gasteiger partial charge in [0.2, 0.25) is 0 Å². The average molecular weight is 400 g/mol. The number of para-hydroxylation sites is 1. The first kappa shape index (κ1) is 23.5. The van der Waals surface area contributed by atoms with E-state index < -0.39 is 12.2 Å². The van der Waals surface area contributed by atoms with Gasteiger partial charge in [-0.25, -0.2) is 0 Å². The standard InChI is InChI=1S/C23H30O3.C2H7N/c1-4-6-9-15(3)19(24)13-12-17-20(25)14-21-22(17)18-11-7-10-16(8-5-2)23(18)26-21;1-3-2/h7,10-13,15,17,19-22,24-25H,5,8-9,14H2,1-3H3;3H,1-2H3/t15-,17+,19-,20-,21+,22+;/m1./s1. The number of aliphatic hydroxyl groups excluding tert-OH is 2. The normalized spacial score (nSPS) is 26.4. The molecule has 1 saturated carbocycles. The summed E-state index contributed by atoms with van der Waals surface area (Å²) in [4.78, 5) is 0. The Morgan fingerprint density at radius 2 is 2.07 bits per heavy atom. The van der Waals surface area contributed by atoms with Crippen LogP contribution >= 0.6 is 0 Å². The van der Waals surface area contributed by atoms with E-state index >= 15 is 0 Å². The minimum absolute atomic E-state index is 0.0164. The van der Waals surface area contributed by atoms with Gasteiger partial charge in [-0.15, -0.1) is 11.8 Å². The minimum Gasteiger partial charge on any atom is -0.489 e. The number of rotatable bonds is 6. The zero-order valence-corrected chi connectivity index (χ0v) is 18.5. The van der Waals surface area contributed by atoms with Crippen molar-refractivity contribution in [2.45, 2.75) is 70.7 Å². The molecule has 3 N–H and O–H groups in total. The second-order valence-electron chi connectivity index (χ2n) is 8.13. The predicted octanol–water partition coefficient (Wildman–Crippen LogP) is 3.67. The van der Waals surface area contributed by atoms with Crippen LogP contribution in [0.2, 0.25) is 0 Å².